The number of hydrogen-bond donors (Lipinski definition) is 0. The Kier molecular flexibility index (Phi) is 4.49. The van der Waals surface area contributed by atoms with E-state index in [-0.39, 0.29) is 5.41 Å². The number of benzene rings is 4. The van der Waals surface area contributed by atoms with Crippen molar-refractivity contribution in [2.45, 2.75) is 13.8 Å². The highest BCUT2D eigenvalue weighted by molar-refractivity contribution is 6.08. The lowest BCUT2D eigenvalue weighted by Gasteiger charge is -2.11. The summed E-state index contributed by atoms with van der Waals surface area (Å²) in [6.45, 7) is 4.44. The molecular weight excluding hydrogens is 438 g/mol. The van der Waals surface area contributed by atoms with E-state index >= 15 is 0 Å². The highest BCUT2D eigenvalue weighted by Gasteiger charge is 2.22. The van der Waals surface area contributed by atoms with E-state index < -0.39 is 0 Å². The number of rotatable bonds is 3. The molecule has 0 saturated carbocycles. The number of aromatic nitrogens is 3. The van der Waals surface area contributed by atoms with E-state index in [0.717, 1.165) is 32.9 Å². The summed E-state index contributed by atoms with van der Waals surface area (Å²) >= 11 is 0. The maximum atomic E-state index is 5.26. The molecule has 1 aliphatic carbocycles. The van der Waals surface area contributed by atoms with Gasteiger partial charge in [-0.2, -0.15) is 0 Å². The molecule has 3 nitrogen and oxygen atoms in total. The molecular formula is C33H25N3. The molecule has 0 bridgehead atoms. The van der Waals surface area contributed by atoms with E-state index in [0.29, 0.717) is 5.95 Å². The van der Waals surface area contributed by atoms with Gasteiger partial charge in [-0.25, -0.2) is 9.97 Å². The van der Waals surface area contributed by atoms with Crippen LogP contribution in [0.25, 0.3) is 62.3 Å². The topological polar surface area (TPSA) is 30.7 Å². The normalized spacial score (nSPS) is 13.9. The quantitative estimate of drug-likeness (QED) is 0.300. The van der Waals surface area contributed by atoms with Crippen LogP contribution in [0, 0.1) is 5.41 Å². The summed E-state index contributed by atoms with van der Waals surface area (Å²) in [5.74, 6) is 0.702. The fourth-order valence-electron chi connectivity index (χ4n) is 5.43. The highest BCUT2D eigenvalue weighted by Crippen LogP contribution is 2.32. The van der Waals surface area contributed by atoms with Crippen molar-refractivity contribution < 1.29 is 0 Å². The van der Waals surface area contributed by atoms with Gasteiger partial charge < -0.3 is 0 Å². The van der Waals surface area contributed by atoms with Gasteiger partial charge in [0.15, 0.2) is 0 Å². The fraction of sp³-hybridized carbons (Fsp3) is 0.0909. The molecule has 3 heteroatoms. The van der Waals surface area contributed by atoms with Crippen molar-refractivity contribution in [2.75, 3.05) is 0 Å². The summed E-state index contributed by atoms with van der Waals surface area (Å²) in [4.78, 5) is 10.4. The van der Waals surface area contributed by atoms with Gasteiger partial charge in [0.05, 0.1) is 22.1 Å². The first-order valence-corrected chi connectivity index (χ1v) is 12.4. The fourth-order valence-corrected chi connectivity index (χ4v) is 5.43. The van der Waals surface area contributed by atoms with Gasteiger partial charge in [0.1, 0.15) is 0 Å². The molecule has 2 heterocycles. The Labute approximate surface area is 209 Å². The van der Waals surface area contributed by atoms with Crippen molar-refractivity contribution in [2.24, 2.45) is 5.41 Å². The van der Waals surface area contributed by atoms with Gasteiger partial charge >= 0.3 is 0 Å². The lowest BCUT2D eigenvalue weighted by Crippen LogP contribution is -2.30. The molecule has 0 saturated heterocycles. The van der Waals surface area contributed by atoms with Crippen molar-refractivity contribution in [1.82, 2.24) is 14.5 Å². The maximum Gasteiger partial charge on any atom is 0.235 e. The van der Waals surface area contributed by atoms with Crippen LogP contribution < -0.4 is 10.6 Å². The smallest absolute Gasteiger partial charge is 0.235 e. The molecule has 0 N–H and O–H groups in total. The Morgan fingerprint density at radius 3 is 1.92 bits per heavy atom. The van der Waals surface area contributed by atoms with Crippen LogP contribution in [0.2, 0.25) is 0 Å². The monoisotopic (exact) mass is 463 g/mol. The van der Waals surface area contributed by atoms with Crippen LogP contribution in [0.3, 0.4) is 0 Å². The van der Waals surface area contributed by atoms with Gasteiger partial charge in [0.25, 0.3) is 0 Å². The van der Waals surface area contributed by atoms with Gasteiger partial charge in [0, 0.05) is 27.0 Å². The van der Waals surface area contributed by atoms with Crippen molar-refractivity contribution in [3.63, 3.8) is 0 Å². The van der Waals surface area contributed by atoms with E-state index in [9.17, 15) is 0 Å². The Morgan fingerprint density at radius 2 is 1.19 bits per heavy atom. The van der Waals surface area contributed by atoms with Gasteiger partial charge in [-0.15, -0.1) is 0 Å². The zero-order valence-electron chi connectivity index (χ0n) is 20.3. The predicted octanol–water partition coefficient (Wildman–Crippen LogP) is 6.51. The molecule has 2 aromatic heterocycles. The Hall–Kier alpha value is -4.50. The molecule has 1 aliphatic rings. The number of fused-ring (bicyclic) bond motifs is 4. The zero-order chi connectivity index (χ0) is 24.3. The molecule has 7 rings (SSSR count). The first-order chi connectivity index (χ1) is 17.6. The van der Waals surface area contributed by atoms with E-state index in [1.54, 1.807) is 0 Å². The third kappa shape index (κ3) is 3.28. The number of nitrogens with zero attached hydrogens (tertiary/aromatic N) is 3. The van der Waals surface area contributed by atoms with Crippen molar-refractivity contribution in [3.05, 3.63) is 114 Å². The van der Waals surface area contributed by atoms with E-state index in [4.69, 9.17) is 9.97 Å². The highest BCUT2D eigenvalue weighted by atomic mass is 15.2. The third-order valence-corrected chi connectivity index (χ3v) is 7.01. The summed E-state index contributed by atoms with van der Waals surface area (Å²) in [6.07, 6.45) is 4.55. The average Bonchev–Trinajstić information content (AvgIpc) is 3.41. The van der Waals surface area contributed by atoms with Crippen LogP contribution >= 0.6 is 0 Å². The molecule has 36 heavy (non-hydrogen) atoms. The zero-order valence-corrected chi connectivity index (χ0v) is 20.3. The molecule has 0 atom stereocenters. The second kappa shape index (κ2) is 7.76. The number of para-hydroxylation sites is 2. The van der Waals surface area contributed by atoms with Crippen LogP contribution in [0.5, 0.6) is 0 Å². The Balaban J connectivity index is 1.54. The molecule has 0 amide bonds. The lowest BCUT2D eigenvalue weighted by atomic mass is 9.95. The minimum Gasteiger partial charge on any atom is -0.278 e. The van der Waals surface area contributed by atoms with Crippen LogP contribution in [0.15, 0.2) is 103 Å². The Bertz CT molecular complexity index is 1860. The largest absolute Gasteiger partial charge is 0.278 e. The number of hydrogen-bond acceptors (Lipinski definition) is 2. The minimum atomic E-state index is -0.0811. The Morgan fingerprint density at radius 1 is 0.583 bits per heavy atom. The van der Waals surface area contributed by atoms with Crippen LogP contribution in [0.4, 0.5) is 0 Å². The van der Waals surface area contributed by atoms with Crippen LogP contribution in [-0.4, -0.2) is 14.5 Å². The lowest BCUT2D eigenvalue weighted by molar-refractivity contribution is 0.723. The third-order valence-electron chi connectivity index (χ3n) is 7.01. The summed E-state index contributed by atoms with van der Waals surface area (Å²) in [7, 11) is 0. The van der Waals surface area contributed by atoms with E-state index in [1.165, 1.54) is 21.9 Å². The van der Waals surface area contributed by atoms with Crippen LogP contribution in [-0.2, 0) is 0 Å². The standard InChI is InChI=1S/C33H25N3/c1-33(2)20-27-28(21-33)34-32(36-29-17-8-6-15-25(29)26-16-7-9-18-30(26)36)35-31(27)24-14-10-13-23(19-24)22-11-4-3-5-12-22/h3-21H,1-2H3. The summed E-state index contributed by atoms with van der Waals surface area (Å²) in [6, 6.07) is 36.2. The van der Waals surface area contributed by atoms with Gasteiger partial charge in [-0.05, 0) is 35.4 Å². The van der Waals surface area contributed by atoms with Gasteiger partial charge in [0.2, 0.25) is 5.95 Å². The molecule has 0 radical (unpaired) electrons. The van der Waals surface area contributed by atoms with E-state index in [2.05, 4.69) is 134 Å². The SMILES string of the molecule is CC1(C)C=c2nc(-n3c4ccccc4c4ccccc43)nc(-c3cccc(-c4ccccc4)c3)c2=C1. The summed E-state index contributed by atoms with van der Waals surface area (Å²) < 4.78 is 2.20. The molecule has 0 spiro atoms. The van der Waals surface area contributed by atoms with Crippen molar-refractivity contribution in [3.8, 4) is 28.3 Å². The first-order valence-electron chi connectivity index (χ1n) is 12.4. The molecule has 0 aliphatic heterocycles. The maximum absolute atomic E-state index is 5.26. The van der Waals surface area contributed by atoms with Gasteiger partial charge in [-0.1, -0.05) is 105 Å². The second-order valence-corrected chi connectivity index (χ2v) is 10.1. The van der Waals surface area contributed by atoms with Crippen LogP contribution in [0.1, 0.15) is 13.8 Å². The summed E-state index contributed by atoms with van der Waals surface area (Å²) in [5, 5.41) is 4.52. The van der Waals surface area contributed by atoms with Crippen molar-refractivity contribution in [1.29, 1.82) is 0 Å². The molecule has 0 unspecified atom stereocenters. The molecule has 172 valence electrons. The molecule has 6 aromatic rings. The predicted molar refractivity (Wildman–Crippen MR) is 149 cm³/mol. The molecule has 0 fully saturated rings. The minimum absolute atomic E-state index is 0.0811. The summed E-state index contributed by atoms with van der Waals surface area (Å²) in [5.41, 5.74) is 6.59. The first kappa shape index (κ1) is 20.8. The van der Waals surface area contributed by atoms with Gasteiger partial charge in [-0.3, -0.25) is 4.57 Å². The second-order valence-electron chi connectivity index (χ2n) is 10.1. The van der Waals surface area contributed by atoms with E-state index in [1.807, 2.05) is 0 Å². The average molecular weight is 464 g/mol. The molecule has 4 aromatic carbocycles. The van der Waals surface area contributed by atoms with Crippen molar-refractivity contribution >= 4 is 34.0 Å².